The van der Waals surface area contributed by atoms with Crippen LogP contribution in [0, 0.1) is 11.3 Å². The molecule has 2 heterocycles. The molecule has 1 aliphatic rings. The summed E-state index contributed by atoms with van der Waals surface area (Å²) in [5.74, 6) is 0.841. The Labute approximate surface area is 191 Å². The van der Waals surface area contributed by atoms with Crippen LogP contribution in [0.3, 0.4) is 0 Å². The number of ether oxygens (including phenoxy) is 1. The van der Waals surface area contributed by atoms with Crippen LogP contribution in [0.4, 0.5) is 0 Å². The first-order valence-electron chi connectivity index (χ1n) is 11.6. The number of rotatable bonds is 8. The van der Waals surface area contributed by atoms with Crippen LogP contribution in [0.15, 0.2) is 24.5 Å². The molecule has 0 unspecified atom stereocenters. The molecule has 0 fully saturated rings. The molecule has 0 amide bonds. The molecule has 2 aromatic rings. The second-order valence-corrected chi connectivity index (χ2v) is 10.5. The Morgan fingerprint density at radius 1 is 1.12 bits per heavy atom. The molecule has 0 spiro atoms. The van der Waals surface area contributed by atoms with E-state index >= 15 is 0 Å². The summed E-state index contributed by atoms with van der Waals surface area (Å²) in [6, 6.07) is 3.50. The molecule has 3 rings (SSSR count). The highest BCUT2D eigenvalue weighted by molar-refractivity contribution is 6.00. The van der Waals surface area contributed by atoms with Crippen molar-refractivity contribution in [3.8, 4) is 5.75 Å². The number of carbonyl (C=O) groups is 2. The van der Waals surface area contributed by atoms with Gasteiger partial charge in [0.1, 0.15) is 5.75 Å². The Morgan fingerprint density at radius 2 is 1.75 bits per heavy atom. The van der Waals surface area contributed by atoms with E-state index in [9.17, 15) is 9.59 Å². The lowest BCUT2D eigenvalue weighted by atomic mass is 9.72. The van der Waals surface area contributed by atoms with E-state index < -0.39 is 5.41 Å². The van der Waals surface area contributed by atoms with Crippen molar-refractivity contribution in [2.24, 2.45) is 5.92 Å². The maximum absolute atomic E-state index is 13.5. The third-order valence-corrected chi connectivity index (χ3v) is 6.77. The number of benzene rings is 1. The van der Waals surface area contributed by atoms with E-state index in [1.165, 1.54) is 0 Å². The molecular formula is C26H37N3O3. The number of carbonyl (C=O) groups excluding carboxylic acids is 2. The maximum Gasteiger partial charge on any atom is 0.321 e. The lowest BCUT2D eigenvalue weighted by Gasteiger charge is -2.29. The molecule has 0 atom stereocenters. The number of nitrogens with one attached hydrogen (secondary N) is 1. The van der Waals surface area contributed by atoms with Gasteiger partial charge in [0.15, 0.2) is 5.78 Å². The molecule has 1 aromatic heterocycles. The average molecular weight is 440 g/mol. The Morgan fingerprint density at radius 3 is 2.34 bits per heavy atom. The molecule has 1 aliphatic heterocycles. The summed E-state index contributed by atoms with van der Waals surface area (Å²) in [5, 5.41) is 8.54. The van der Waals surface area contributed by atoms with Gasteiger partial charge in [-0.3, -0.25) is 15.0 Å². The molecule has 6 heteroatoms. The van der Waals surface area contributed by atoms with E-state index in [2.05, 4.69) is 34.6 Å². The first kappa shape index (κ1) is 24.0. The van der Waals surface area contributed by atoms with Crippen molar-refractivity contribution >= 4 is 11.8 Å². The number of imidazole rings is 1. The predicted octanol–water partition coefficient (Wildman–Crippen LogP) is 4.97. The van der Waals surface area contributed by atoms with Gasteiger partial charge >= 0.3 is 5.97 Å². The molecule has 0 bridgehead atoms. The fraction of sp³-hybridized carbons (Fsp3) is 0.577. The van der Waals surface area contributed by atoms with Crippen LogP contribution in [0.5, 0.6) is 5.75 Å². The monoisotopic (exact) mass is 439 g/mol. The zero-order valence-corrected chi connectivity index (χ0v) is 20.5. The number of hydrogen-bond donors (Lipinski definition) is 1. The number of nitrogens with zero attached hydrogens (tertiary/aromatic N) is 2. The van der Waals surface area contributed by atoms with Crippen molar-refractivity contribution in [2.45, 2.75) is 91.6 Å². The van der Waals surface area contributed by atoms with Crippen LogP contribution in [-0.4, -0.2) is 20.9 Å². The molecular weight excluding hydrogens is 402 g/mol. The van der Waals surface area contributed by atoms with Gasteiger partial charge in [0, 0.05) is 30.1 Å². The van der Waals surface area contributed by atoms with Gasteiger partial charge in [-0.1, -0.05) is 47.5 Å². The number of Topliss-reactive ketones (excluding diaryl/α,β-unsaturated/α-hetero) is 1. The van der Waals surface area contributed by atoms with Crippen LogP contribution in [0.1, 0.15) is 89.2 Å². The highest BCUT2D eigenvalue weighted by Gasteiger charge is 2.45. The van der Waals surface area contributed by atoms with Crippen molar-refractivity contribution < 1.29 is 14.3 Å². The summed E-state index contributed by atoms with van der Waals surface area (Å²) in [4.78, 5) is 25.9. The fourth-order valence-corrected chi connectivity index (χ4v) is 4.66. The van der Waals surface area contributed by atoms with E-state index in [4.69, 9.17) is 10.1 Å². The lowest BCUT2D eigenvalue weighted by molar-refractivity contribution is -0.137. The van der Waals surface area contributed by atoms with E-state index in [0.29, 0.717) is 22.8 Å². The van der Waals surface area contributed by atoms with E-state index in [-0.39, 0.29) is 23.7 Å². The van der Waals surface area contributed by atoms with Crippen LogP contribution in [-0.2, 0) is 28.7 Å². The summed E-state index contributed by atoms with van der Waals surface area (Å²) in [5.41, 5.74) is 1.44. The van der Waals surface area contributed by atoms with Crippen LogP contribution in [0.2, 0.25) is 0 Å². The van der Waals surface area contributed by atoms with Crippen LogP contribution < -0.4 is 10.4 Å². The third kappa shape index (κ3) is 4.32. The first-order chi connectivity index (χ1) is 14.9. The van der Waals surface area contributed by atoms with E-state index in [1.54, 1.807) is 16.7 Å². The number of esters is 1. The molecule has 0 saturated heterocycles. The molecule has 32 heavy (non-hydrogen) atoms. The SMILES string of the molecule is CCC(CC)CCn1ccn(CC(=O)c2ccc3c(c2C(C)(C)C)C(C)(C)C(=O)O3)c1=N. The third-order valence-electron chi connectivity index (χ3n) is 6.77. The Hall–Kier alpha value is -2.63. The molecule has 0 aliphatic carbocycles. The minimum Gasteiger partial charge on any atom is -0.426 e. The van der Waals surface area contributed by atoms with Crippen molar-refractivity contribution in [3.63, 3.8) is 0 Å². The number of hydrogen-bond acceptors (Lipinski definition) is 4. The van der Waals surface area contributed by atoms with Crippen LogP contribution >= 0.6 is 0 Å². The van der Waals surface area contributed by atoms with Crippen molar-refractivity contribution in [1.29, 1.82) is 5.41 Å². The molecule has 174 valence electrons. The Balaban J connectivity index is 1.93. The lowest BCUT2D eigenvalue weighted by Crippen LogP contribution is -2.31. The standard InChI is InChI=1S/C26H37N3O3/c1-8-17(9-2)12-13-28-14-15-29(24(28)27)16-19(30)18-10-11-20-22(21(18)25(3,4)5)26(6,7)23(31)32-20/h10-11,14-15,17,27H,8-9,12-13,16H2,1-7H3. The average Bonchev–Trinajstić information content (AvgIpc) is 3.17. The summed E-state index contributed by atoms with van der Waals surface area (Å²) < 4.78 is 9.12. The summed E-state index contributed by atoms with van der Waals surface area (Å²) >= 11 is 0. The maximum atomic E-state index is 13.5. The van der Waals surface area contributed by atoms with Gasteiger partial charge in [-0.25, -0.2) is 0 Å². The molecule has 1 aromatic carbocycles. The minimum atomic E-state index is -0.805. The number of ketones is 1. The summed E-state index contributed by atoms with van der Waals surface area (Å²) in [7, 11) is 0. The fourth-order valence-electron chi connectivity index (χ4n) is 4.66. The summed E-state index contributed by atoms with van der Waals surface area (Å²) in [6.07, 6.45) is 7.01. The molecule has 1 N–H and O–H groups in total. The van der Waals surface area contributed by atoms with E-state index in [1.807, 2.05) is 30.8 Å². The second-order valence-electron chi connectivity index (χ2n) is 10.5. The van der Waals surface area contributed by atoms with Crippen molar-refractivity contribution in [2.75, 3.05) is 0 Å². The van der Waals surface area contributed by atoms with Gasteiger partial charge in [-0.2, -0.15) is 0 Å². The van der Waals surface area contributed by atoms with Crippen LogP contribution in [0.25, 0.3) is 0 Å². The first-order valence-corrected chi connectivity index (χ1v) is 11.6. The Bertz CT molecular complexity index is 1080. The highest BCUT2D eigenvalue weighted by Crippen LogP contribution is 2.46. The zero-order valence-electron chi connectivity index (χ0n) is 20.5. The largest absolute Gasteiger partial charge is 0.426 e. The van der Waals surface area contributed by atoms with E-state index in [0.717, 1.165) is 36.9 Å². The number of aryl methyl sites for hydroxylation is 1. The van der Waals surface area contributed by atoms with Gasteiger partial charge in [0.25, 0.3) is 0 Å². The minimum absolute atomic E-state index is 0.0656. The quantitative estimate of drug-likeness (QED) is 0.358. The molecule has 0 radical (unpaired) electrons. The summed E-state index contributed by atoms with van der Waals surface area (Å²) in [6.45, 7) is 15.1. The van der Waals surface area contributed by atoms with Crippen molar-refractivity contribution in [1.82, 2.24) is 9.13 Å². The molecule has 0 saturated carbocycles. The van der Waals surface area contributed by atoms with Gasteiger partial charge < -0.3 is 13.9 Å². The topological polar surface area (TPSA) is 77.1 Å². The normalized spacial score (nSPS) is 15.2. The highest BCUT2D eigenvalue weighted by atomic mass is 16.5. The zero-order chi connectivity index (χ0) is 23.8. The molecule has 6 nitrogen and oxygen atoms in total. The second kappa shape index (κ2) is 8.72. The number of fused-ring (bicyclic) bond motifs is 1. The smallest absolute Gasteiger partial charge is 0.321 e. The van der Waals surface area contributed by atoms with Crippen molar-refractivity contribution in [3.05, 3.63) is 46.8 Å². The van der Waals surface area contributed by atoms with Gasteiger partial charge in [0.05, 0.1) is 12.0 Å². The number of aromatic nitrogens is 2. The van der Waals surface area contributed by atoms with Gasteiger partial charge in [0.2, 0.25) is 5.62 Å². The Kier molecular flexibility index (Phi) is 6.55. The van der Waals surface area contributed by atoms with Gasteiger partial charge in [-0.05, 0) is 49.3 Å². The predicted molar refractivity (Wildman–Crippen MR) is 125 cm³/mol. The van der Waals surface area contributed by atoms with Gasteiger partial charge in [-0.15, -0.1) is 0 Å².